The molecular weight excluding hydrogens is 364 g/mol. The highest BCUT2D eigenvalue weighted by atomic mass is 16.5. The van der Waals surface area contributed by atoms with Crippen molar-refractivity contribution in [3.63, 3.8) is 0 Å². The molecule has 0 atom stereocenters. The molecule has 148 valence electrons. The summed E-state index contributed by atoms with van der Waals surface area (Å²) < 4.78 is 5.45. The van der Waals surface area contributed by atoms with Gasteiger partial charge in [0.15, 0.2) is 5.82 Å². The van der Waals surface area contributed by atoms with Gasteiger partial charge in [-0.05, 0) is 37.1 Å². The van der Waals surface area contributed by atoms with Crippen molar-refractivity contribution in [3.05, 3.63) is 71.4 Å². The molecule has 1 aromatic heterocycles. The van der Waals surface area contributed by atoms with Gasteiger partial charge in [0.1, 0.15) is 11.5 Å². The van der Waals surface area contributed by atoms with Crippen molar-refractivity contribution < 1.29 is 9.53 Å². The molecule has 1 saturated heterocycles. The first-order valence-electron chi connectivity index (χ1n) is 9.75. The first-order chi connectivity index (χ1) is 14.1. The summed E-state index contributed by atoms with van der Waals surface area (Å²) >= 11 is 0. The zero-order chi connectivity index (χ0) is 20.2. The summed E-state index contributed by atoms with van der Waals surface area (Å²) in [5, 5.41) is 2.98. The van der Waals surface area contributed by atoms with E-state index in [4.69, 9.17) is 9.72 Å². The number of hydrogen-bond donors (Lipinski definition) is 1. The third kappa shape index (κ3) is 4.60. The summed E-state index contributed by atoms with van der Waals surface area (Å²) in [7, 11) is 0. The minimum absolute atomic E-state index is 0.246. The van der Waals surface area contributed by atoms with E-state index in [1.807, 2.05) is 56.3 Å². The molecule has 1 amide bonds. The van der Waals surface area contributed by atoms with Crippen molar-refractivity contribution in [1.29, 1.82) is 0 Å². The SMILES string of the molecule is Cc1cc(C)cc(NC(=O)c2cc(N3CCOCC3)nc(-c3ccccc3)n2)c1. The van der Waals surface area contributed by atoms with Gasteiger partial charge in [0.25, 0.3) is 5.91 Å². The first-order valence-corrected chi connectivity index (χ1v) is 9.75. The fraction of sp³-hybridized carbons (Fsp3) is 0.261. The maximum absolute atomic E-state index is 13.0. The predicted octanol–water partition coefficient (Wildman–Crippen LogP) is 3.85. The monoisotopic (exact) mass is 388 g/mol. The normalized spacial score (nSPS) is 13.9. The van der Waals surface area contributed by atoms with E-state index in [1.54, 1.807) is 6.07 Å². The van der Waals surface area contributed by atoms with Crippen molar-refractivity contribution in [3.8, 4) is 11.4 Å². The van der Waals surface area contributed by atoms with Crippen LogP contribution in [0.5, 0.6) is 0 Å². The molecular formula is C23H24N4O2. The van der Waals surface area contributed by atoms with Crippen molar-refractivity contribution in [2.75, 3.05) is 36.5 Å². The lowest BCUT2D eigenvalue weighted by molar-refractivity contribution is 0.102. The van der Waals surface area contributed by atoms with Gasteiger partial charge in [-0.1, -0.05) is 36.4 Å². The Hall–Kier alpha value is -3.25. The quantitative estimate of drug-likeness (QED) is 0.735. The third-order valence-electron chi connectivity index (χ3n) is 4.79. The molecule has 6 nitrogen and oxygen atoms in total. The van der Waals surface area contributed by atoms with Gasteiger partial charge in [0, 0.05) is 30.4 Å². The number of rotatable bonds is 4. The molecule has 0 unspecified atom stereocenters. The van der Waals surface area contributed by atoms with Gasteiger partial charge in [0.05, 0.1) is 13.2 Å². The number of benzene rings is 2. The highest BCUT2D eigenvalue weighted by Crippen LogP contribution is 2.22. The maximum atomic E-state index is 13.0. The van der Waals surface area contributed by atoms with E-state index in [2.05, 4.69) is 21.3 Å². The number of carbonyl (C=O) groups is 1. The van der Waals surface area contributed by atoms with Gasteiger partial charge in [-0.25, -0.2) is 9.97 Å². The van der Waals surface area contributed by atoms with Gasteiger partial charge >= 0.3 is 0 Å². The Morgan fingerprint density at radius 3 is 2.34 bits per heavy atom. The van der Waals surface area contributed by atoms with Gasteiger partial charge in [-0.15, -0.1) is 0 Å². The molecule has 1 N–H and O–H groups in total. The molecule has 0 aliphatic carbocycles. The summed E-state index contributed by atoms with van der Waals surface area (Å²) in [5.41, 5.74) is 4.19. The number of hydrogen-bond acceptors (Lipinski definition) is 5. The molecule has 0 saturated carbocycles. The van der Waals surface area contributed by atoms with Crippen LogP contribution in [0.4, 0.5) is 11.5 Å². The van der Waals surface area contributed by atoms with E-state index in [0.29, 0.717) is 24.7 Å². The van der Waals surface area contributed by atoms with Gasteiger partial charge in [-0.3, -0.25) is 4.79 Å². The van der Waals surface area contributed by atoms with E-state index >= 15 is 0 Å². The summed E-state index contributed by atoms with van der Waals surface area (Å²) in [4.78, 5) is 24.4. The number of amides is 1. The van der Waals surface area contributed by atoms with Crippen molar-refractivity contribution >= 4 is 17.4 Å². The number of aromatic nitrogens is 2. The molecule has 6 heteroatoms. The standard InChI is InChI=1S/C23H24N4O2/c1-16-12-17(2)14-19(13-16)24-23(28)20-15-21(27-8-10-29-11-9-27)26-22(25-20)18-6-4-3-5-7-18/h3-7,12-15H,8-11H2,1-2H3,(H,24,28). The Labute approximate surface area is 170 Å². The van der Waals surface area contributed by atoms with E-state index < -0.39 is 0 Å². The van der Waals surface area contributed by atoms with Crippen LogP contribution in [0.1, 0.15) is 21.6 Å². The van der Waals surface area contributed by atoms with Gasteiger partial charge in [-0.2, -0.15) is 0 Å². The number of ether oxygens (including phenoxy) is 1. The molecule has 1 aliphatic heterocycles. The third-order valence-corrected chi connectivity index (χ3v) is 4.79. The number of carbonyl (C=O) groups excluding carboxylic acids is 1. The highest BCUT2D eigenvalue weighted by molar-refractivity contribution is 6.03. The Morgan fingerprint density at radius 1 is 0.966 bits per heavy atom. The lowest BCUT2D eigenvalue weighted by Crippen LogP contribution is -2.37. The van der Waals surface area contributed by atoms with E-state index in [-0.39, 0.29) is 5.91 Å². The zero-order valence-corrected chi connectivity index (χ0v) is 16.7. The van der Waals surface area contributed by atoms with Crippen LogP contribution in [0.3, 0.4) is 0 Å². The van der Waals surface area contributed by atoms with Gasteiger partial charge < -0.3 is 15.0 Å². The molecule has 2 aromatic carbocycles. The van der Waals surface area contributed by atoms with Crippen molar-refractivity contribution in [2.24, 2.45) is 0 Å². The molecule has 2 heterocycles. The smallest absolute Gasteiger partial charge is 0.274 e. The van der Waals surface area contributed by atoms with E-state index in [0.717, 1.165) is 41.3 Å². The van der Waals surface area contributed by atoms with Crippen LogP contribution in [0, 0.1) is 13.8 Å². The first kappa shape index (κ1) is 19.1. The van der Waals surface area contributed by atoms with Crippen LogP contribution in [0.15, 0.2) is 54.6 Å². The summed E-state index contributed by atoms with van der Waals surface area (Å²) in [6.07, 6.45) is 0. The van der Waals surface area contributed by atoms with Gasteiger partial charge in [0.2, 0.25) is 0 Å². The van der Waals surface area contributed by atoms with Crippen molar-refractivity contribution in [1.82, 2.24) is 9.97 Å². The topological polar surface area (TPSA) is 67.4 Å². The molecule has 1 fully saturated rings. The minimum Gasteiger partial charge on any atom is -0.378 e. The van der Waals surface area contributed by atoms with E-state index in [9.17, 15) is 4.79 Å². The average Bonchev–Trinajstić information content (AvgIpc) is 2.74. The molecule has 1 aliphatic rings. The fourth-order valence-corrected chi connectivity index (χ4v) is 3.46. The Morgan fingerprint density at radius 2 is 1.66 bits per heavy atom. The highest BCUT2D eigenvalue weighted by Gasteiger charge is 2.18. The van der Waals surface area contributed by atoms with Crippen molar-refractivity contribution in [2.45, 2.75) is 13.8 Å². The number of morpholine rings is 1. The minimum atomic E-state index is -0.246. The second-order valence-corrected chi connectivity index (χ2v) is 7.23. The van der Waals surface area contributed by atoms with Crippen LogP contribution < -0.4 is 10.2 Å². The summed E-state index contributed by atoms with van der Waals surface area (Å²) in [6.45, 7) is 6.80. The second-order valence-electron chi connectivity index (χ2n) is 7.23. The summed E-state index contributed by atoms with van der Waals surface area (Å²) in [6, 6.07) is 17.5. The number of nitrogens with zero attached hydrogens (tertiary/aromatic N) is 3. The Bertz CT molecular complexity index is 994. The second kappa shape index (κ2) is 8.41. The average molecular weight is 388 g/mol. The predicted molar refractivity (Wildman–Crippen MR) is 114 cm³/mol. The van der Waals surface area contributed by atoms with Crippen LogP contribution in [-0.4, -0.2) is 42.2 Å². The molecule has 0 spiro atoms. The maximum Gasteiger partial charge on any atom is 0.274 e. The summed E-state index contributed by atoms with van der Waals surface area (Å²) in [5.74, 6) is 1.04. The molecule has 0 radical (unpaired) electrons. The number of aryl methyl sites for hydroxylation is 2. The van der Waals surface area contributed by atoms with Crippen LogP contribution >= 0.6 is 0 Å². The van der Waals surface area contributed by atoms with Crippen LogP contribution in [0.25, 0.3) is 11.4 Å². The Kier molecular flexibility index (Phi) is 5.53. The number of anilines is 2. The van der Waals surface area contributed by atoms with Crippen LogP contribution in [-0.2, 0) is 4.74 Å². The lowest BCUT2D eigenvalue weighted by atomic mass is 10.1. The zero-order valence-electron chi connectivity index (χ0n) is 16.7. The largest absolute Gasteiger partial charge is 0.378 e. The Balaban J connectivity index is 1.70. The molecule has 0 bridgehead atoms. The fourth-order valence-electron chi connectivity index (χ4n) is 3.46. The van der Waals surface area contributed by atoms with Crippen LogP contribution in [0.2, 0.25) is 0 Å². The molecule has 4 rings (SSSR count). The molecule has 3 aromatic rings. The molecule has 29 heavy (non-hydrogen) atoms. The van der Waals surface area contributed by atoms with E-state index in [1.165, 1.54) is 0 Å². The number of nitrogens with one attached hydrogen (secondary N) is 1. The lowest BCUT2D eigenvalue weighted by Gasteiger charge is -2.28.